The Labute approximate surface area is 108 Å². The molecule has 2 heteroatoms. The van der Waals surface area contributed by atoms with E-state index in [0.29, 0.717) is 0 Å². The molecule has 0 aliphatic carbocycles. The lowest BCUT2D eigenvalue weighted by Crippen LogP contribution is -2.46. The van der Waals surface area contributed by atoms with E-state index in [-0.39, 0.29) is 0 Å². The molecule has 17 heavy (non-hydrogen) atoms. The average Bonchev–Trinajstić information content (AvgIpc) is 2.29. The average molecular weight is 240 g/mol. The van der Waals surface area contributed by atoms with Crippen molar-refractivity contribution in [2.24, 2.45) is 11.8 Å². The van der Waals surface area contributed by atoms with Crippen molar-refractivity contribution in [2.75, 3.05) is 26.2 Å². The van der Waals surface area contributed by atoms with Crippen LogP contribution >= 0.6 is 0 Å². The topological polar surface area (TPSA) is 15.3 Å². The highest BCUT2D eigenvalue weighted by molar-refractivity contribution is 4.81. The molecule has 1 heterocycles. The molecule has 0 saturated carbocycles. The Kier molecular flexibility index (Phi) is 7.14. The van der Waals surface area contributed by atoms with Crippen LogP contribution in [0.5, 0.6) is 0 Å². The summed E-state index contributed by atoms with van der Waals surface area (Å²) in [5.74, 6) is 1.77. The Hall–Kier alpha value is -0.0800. The number of likely N-dealkylation sites (tertiary alicyclic amines) is 1. The van der Waals surface area contributed by atoms with Gasteiger partial charge in [0.15, 0.2) is 0 Å². The summed E-state index contributed by atoms with van der Waals surface area (Å²) >= 11 is 0. The molecule has 1 aliphatic rings. The van der Waals surface area contributed by atoms with Gasteiger partial charge < -0.3 is 10.2 Å². The molecule has 0 radical (unpaired) electrons. The van der Waals surface area contributed by atoms with Crippen molar-refractivity contribution >= 4 is 0 Å². The molecule has 0 aromatic rings. The summed E-state index contributed by atoms with van der Waals surface area (Å²) in [6.07, 6.45) is 5.49. The fraction of sp³-hybridized carbons (Fsp3) is 1.00. The summed E-state index contributed by atoms with van der Waals surface area (Å²) in [5.41, 5.74) is 0. The van der Waals surface area contributed by atoms with Gasteiger partial charge in [0, 0.05) is 12.6 Å². The Morgan fingerprint density at radius 2 is 1.88 bits per heavy atom. The number of unbranched alkanes of at least 4 members (excludes halogenated alkanes) is 2. The molecule has 0 bridgehead atoms. The van der Waals surface area contributed by atoms with Gasteiger partial charge in [-0.25, -0.2) is 0 Å². The molecule has 0 aromatic heterocycles. The molecule has 1 saturated heterocycles. The first-order valence-electron chi connectivity index (χ1n) is 7.59. The van der Waals surface area contributed by atoms with Crippen molar-refractivity contribution in [3.05, 3.63) is 0 Å². The zero-order valence-corrected chi connectivity index (χ0v) is 12.3. The van der Waals surface area contributed by atoms with E-state index in [4.69, 9.17) is 0 Å². The number of rotatable bonds is 7. The number of nitrogens with one attached hydrogen (secondary N) is 1. The van der Waals surface area contributed by atoms with Crippen molar-refractivity contribution in [1.29, 1.82) is 0 Å². The molecule has 0 amide bonds. The molecule has 3 unspecified atom stereocenters. The van der Waals surface area contributed by atoms with E-state index in [9.17, 15) is 0 Å². The third kappa shape index (κ3) is 5.39. The maximum atomic E-state index is 3.40. The fourth-order valence-electron chi connectivity index (χ4n) is 3.05. The summed E-state index contributed by atoms with van der Waals surface area (Å²) < 4.78 is 0. The number of nitrogens with zero attached hydrogens (tertiary/aromatic N) is 1. The van der Waals surface area contributed by atoms with Gasteiger partial charge in [0.1, 0.15) is 0 Å². The lowest BCUT2D eigenvalue weighted by molar-refractivity contribution is 0.0781. The molecule has 3 atom stereocenters. The van der Waals surface area contributed by atoms with Crippen LogP contribution in [0.3, 0.4) is 0 Å². The zero-order chi connectivity index (χ0) is 12.7. The summed E-state index contributed by atoms with van der Waals surface area (Å²) in [5, 5.41) is 3.40. The normalized spacial score (nSPS) is 30.7. The van der Waals surface area contributed by atoms with E-state index in [1.54, 1.807) is 0 Å². The van der Waals surface area contributed by atoms with Crippen molar-refractivity contribution in [1.82, 2.24) is 10.2 Å². The monoisotopic (exact) mass is 240 g/mol. The van der Waals surface area contributed by atoms with Crippen molar-refractivity contribution in [3.63, 3.8) is 0 Å². The van der Waals surface area contributed by atoms with Gasteiger partial charge >= 0.3 is 0 Å². The minimum Gasteiger partial charge on any atom is -0.317 e. The summed E-state index contributed by atoms with van der Waals surface area (Å²) in [6.45, 7) is 14.3. The number of hydrogen-bond donors (Lipinski definition) is 1. The smallest absolute Gasteiger partial charge is 0.00927 e. The van der Waals surface area contributed by atoms with Gasteiger partial charge in [-0.15, -0.1) is 0 Å². The highest BCUT2D eigenvalue weighted by Crippen LogP contribution is 2.26. The summed E-state index contributed by atoms with van der Waals surface area (Å²) in [4.78, 5) is 2.71. The van der Waals surface area contributed by atoms with Gasteiger partial charge in [-0.2, -0.15) is 0 Å². The Morgan fingerprint density at radius 1 is 1.12 bits per heavy atom. The van der Waals surface area contributed by atoms with Crippen LogP contribution in [0.2, 0.25) is 0 Å². The van der Waals surface area contributed by atoms with Crippen LogP contribution in [0.4, 0.5) is 0 Å². The fourth-order valence-corrected chi connectivity index (χ4v) is 3.05. The molecule has 1 aliphatic heterocycles. The Balaban J connectivity index is 2.12. The largest absolute Gasteiger partial charge is 0.317 e. The van der Waals surface area contributed by atoms with Gasteiger partial charge in [-0.3, -0.25) is 0 Å². The van der Waals surface area contributed by atoms with Gasteiger partial charge in [-0.05, 0) is 57.7 Å². The van der Waals surface area contributed by atoms with Crippen LogP contribution in [0, 0.1) is 11.8 Å². The first-order valence-corrected chi connectivity index (χ1v) is 7.59. The van der Waals surface area contributed by atoms with Crippen LogP contribution < -0.4 is 5.32 Å². The highest BCUT2D eigenvalue weighted by Gasteiger charge is 2.27. The molecule has 2 nitrogen and oxygen atoms in total. The first kappa shape index (κ1) is 15.0. The highest BCUT2D eigenvalue weighted by atomic mass is 15.2. The third-order valence-corrected chi connectivity index (χ3v) is 4.27. The first-order chi connectivity index (χ1) is 8.15. The molecule has 1 N–H and O–H groups in total. The van der Waals surface area contributed by atoms with Crippen LogP contribution in [-0.4, -0.2) is 37.1 Å². The molecule has 0 spiro atoms. The van der Waals surface area contributed by atoms with E-state index in [2.05, 4.69) is 37.9 Å². The van der Waals surface area contributed by atoms with E-state index in [1.165, 1.54) is 45.3 Å². The van der Waals surface area contributed by atoms with Crippen molar-refractivity contribution in [2.45, 2.75) is 59.4 Å². The zero-order valence-electron chi connectivity index (χ0n) is 12.3. The standard InChI is InChI=1S/C15H32N2/c1-5-16-9-7-6-8-10-17-12-13(2)11-14(3)15(17)4/h13-16H,5-12H2,1-4H3. The van der Waals surface area contributed by atoms with Gasteiger partial charge in [0.2, 0.25) is 0 Å². The quantitative estimate of drug-likeness (QED) is 0.688. The van der Waals surface area contributed by atoms with E-state index in [0.717, 1.165) is 24.4 Å². The molecular weight excluding hydrogens is 208 g/mol. The minimum absolute atomic E-state index is 0.792. The van der Waals surface area contributed by atoms with Gasteiger partial charge in [0.05, 0.1) is 0 Å². The predicted molar refractivity (Wildman–Crippen MR) is 76.4 cm³/mol. The van der Waals surface area contributed by atoms with Gasteiger partial charge in [0.25, 0.3) is 0 Å². The second-order valence-corrected chi connectivity index (χ2v) is 5.97. The second kappa shape index (κ2) is 8.10. The van der Waals surface area contributed by atoms with Crippen molar-refractivity contribution < 1.29 is 0 Å². The minimum atomic E-state index is 0.792. The number of piperidine rings is 1. The summed E-state index contributed by atoms with van der Waals surface area (Å²) in [7, 11) is 0. The van der Waals surface area contributed by atoms with Crippen LogP contribution in [0.15, 0.2) is 0 Å². The lowest BCUT2D eigenvalue weighted by atomic mass is 9.86. The lowest BCUT2D eigenvalue weighted by Gasteiger charge is -2.41. The van der Waals surface area contributed by atoms with Crippen LogP contribution in [0.1, 0.15) is 53.4 Å². The molecule has 102 valence electrons. The second-order valence-electron chi connectivity index (χ2n) is 5.97. The third-order valence-electron chi connectivity index (χ3n) is 4.27. The van der Waals surface area contributed by atoms with E-state index in [1.807, 2.05) is 0 Å². The molecule has 1 rings (SSSR count). The van der Waals surface area contributed by atoms with Crippen LogP contribution in [0.25, 0.3) is 0 Å². The Morgan fingerprint density at radius 3 is 2.59 bits per heavy atom. The maximum Gasteiger partial charge on any atom is 0.00927 e. The SMILES string of the molecule is CCNCCCCCN1CC(C)CC(C)C1C. The van der Waals surface area contributed by atoms with Gasteiger partial charge in [-0.1, -0.05) is 27.2 Å². The number of hydrogen-bond acceptors (Lipinski definition) is 2. The van der Waals surface area contributed by atoms with E-state index < -0.39 is 0 Å². The summed E-state index contributed by atoms with van der Waals surface area (Å²) in [6, 6.07) is 0.792. The maximum absolute atomic E-state index is 3.40. The molecular formula is C15H32N2. The predicted octanol–water partition coefficient (Wildman–Crippen LogP) is 3.13. The van der Waals surface area contributed by atoms with Crippen molar-refractivity contribution in [3.8, 4) is 0 Å². The Bertz CT molecular complexity index is 193. The molecule has 0 aromatic carbocycles. The van der Waals surface area contributed by atoms with E-state index >= 15 is 0 Å². The van der Waals surface area contributed by atoms with Crippen LogP contribution in [-0.2, 0) is 0 Å². The molecule has 1 fully saturated rings.